The van der Waals surface area contributed by atoms with Crippen LogP contribution in [0.25, 0.3) is 0 Å². The van der Waals surface area contributed by atoms with E-state index in [4.69, 9.17) is 4.74 Å². The van der Waals surface area contributed by atoms with Crippen molar-refractivity contribution in [3.63, 3.8) is 0 Å². The lowest BCUT2D eigenvalue weighted by atomic mass is 10.1. The lowest BCUT2D eigenvalue weighted by molar-refractivity contribution is -0.121. The summed E-state index contributed by atoms with van der Waals surface area (Å²) in [6.45, 7) is 3.92. The van der Waals surface area contributed by atoms with Gasteiger partial charge in [-0.25, -0.2) is 0 Å². The number of Topliss-reactive ketones (excluding diaryl/α,β-unsaturated/α-hetero) is 1. The van der Waals surface area contributed by atoms with Gasteiger partial charge < -0.3 is 4.74 Å². The molecule has 1 rings (SSSR count). The lowest BCUT2D eigenvalue weighted by Crippen LogP contribution is -2.16. The Kier molecular flexibility index (Phi) is 2.10. The Morgan fingerprint density at radius 3 is 2.60 bits per heavy atom. The number of ketones is 1. The summed E-state index contributed by atoms with van der Waals surface area (Å²) < 4.78 is 5.11. The second-order valence-corrected chi connectivity index (χ2v) is 2.39. The van der Waals surface area contributed by atoms with Gasteiger partial charge in [0.25, 0.3) is 0 Å². The first-order valence-corrected chi connectivity index (χ1v) is 3.68. The molecular formula is C8H12O2. The molecule has 1 atom stereocenters. The normalized spacial score (nSPS) is 24.4. The predicted molar refractivity (Wildman–Crippen MR) is 38.5 cm³/mol. The fourth-order valence-electron chi connectivity index (χ4n) is 1.03. The maximum atomic E-state index is 11.2. The first kappa shape index (κ1) is 7.32. The minimum Gasteiger partial charge on any atom is -0.489 e. The number of rotatable bonds is 2. The summed E-state index contributed by atoms with van der Waals surface area (Å²) in [6.07, 6.45) is 2.97. The second kappa shape index (κ2) is 2.86. The highest BCUT2D eigenvalue weighted by atomic mass is 16.5. The van der Waals surface area contributed by atoms with Gasteiger partial charge in [-0.15, -0.1) is 0 Å². The number of hydrogen-bond donors (Lipinski definition) is 0. The average Bonchev–Trinajstić information content (AvgIpc) is 2.30. The number of hydrogen-bond acceptors (Lipinski definition) is 2. The first-order chi connectivity index (χ1) is 4.79. The van der Waals surface area contributed by atoms with Crippen LogP contribution in [0.3, 0.4) is 0 Å². The van der Waals surface area contributed by atoms with Crippen molar-refractivity contribution in [1.82, 2.24) is 0 Å². The van der Waals surface area contributed by atoms with Crippen molar-refractivity contribution in [2.24, 2.45) is 0 Å². The van der Waals surface area contributed by atoms with Crippen molar-refractivity contribution in [2.75, 3.05) is 0 Å². The molecule has 2 heteroatoms. The monoisotopic (exact) mass is 140 g/mol. The summed E-state index contributed by atoms with van der Waals surface area (Å²) >= 11 is 0. The zero-order chi connectivity index (χ0) is 7.56. The van der Waals surface area contributed by atoms with Crippen LogP contribution in [-0.4, -0.2) is 11.9 Å². The molecule has 0 spiro atoms. The van der Waals surface area contributed by atoms with Gasteiger partial charge in [-0.2, -0.15) is 0 Å². The van der Waals surface area contributed by atoms with Crippen LogP contribution in [0.5, 0.6) is 0 Å². The van der Waals surface area contributed by atoms with Gasteiger partial charge in [-0.3, -0.25) is 4.79 Å². The number of carbonyl (C=O) groups is 1. The standard InChI is InChI=1S/C8H12O2/c1-3-6-5-10-7(4-2)8(6)9/h5,7H,3-4H2,1-2H3. The third-order valence-corrected chi connectivity index (χ3v) is 1.74. The molecule has 0 aliphatic carbocycles. The molecule has 10 heavy (non-hydrogen) atoms. The van der Waals surface area contributed by atoms with E-state index in [0.717, 1.165) is 18.4 Å². The topological polar surface area (TPSA) is 26.3 Å². The van der Waals surface area contributed by atoms with Gasteiger partial charge in [0.2, 0.25) is 5.78 Å². The van der Waals surface area contributed by atoms with Crippen LogP contribution in [-0.2, 0) is 9.53 Å². The van der Waals surface area contributed by atoms with Gasteiger partial charge in [-0.05, 0) is 12.8 Å². The van der Waals surface area contributed by atoms with Crippen LogP contribution >= 0.6 is 0 Å². The molecule has 56 valence electrons. The van der Waals surface area contributed by atoms with Crippen molar-refractivity contribution in [2.45, 2.75) is 32.8 Å². The molecule has 0 fully saturated rings. The van der Waals surface area contributed by atoms with E-state index in [1.54, 1.807) is 6.26 Å². The Balaban J connectivity index is 2.60. The molecule has 1 unspecified atom stereocenters. The largest absolute Gasteiger partial charge is 0.489 e. The summed E-state index contributed by atoms with van der Waals surface area (Å²) in [6, 6.07) is 0. The Labute approximate surface area is 60.9 Å². The molecule has 0 aromatic rings. The molecule has 0 amide bonds. The van der Waals surface area contributed by atoms with E-state index < -0.39 is 0 Å². The van der Waals surface area contributed by atoms with Gasteiger partial charge in [0.15, 0.2) is 6.10 Å². The van der Waals surface area contributed by atoms with E-state index in [9.17, 15) is 4.79 Å². The molecule has 0 saturated heterocycles. The molecule has 0 bridgehead atoms. The minimum atomic E-state index is -0.185. The Morgan fingerprint density at radius 2 is 2.30 bits per heavy atom. The lowest BCUT2D eigenvalue weighted by Gasteiger charge is -2.03. The van der Waals surface area contributed by atoms with Crippen LogP contribution in [0, 0.1) is 0 Å². The summed E-state index contributed by atoms with van der Waals surface area (Å²) in [5, 5.41) is 0. The molecular weight excluding hydrogens is 128 g/mol. The van der Waals surface area contributed by atoms with Crippen molar-refractivity contribution in [3.8, 4) is 0 Å². The van der Waals surface area contributed by atoms with Gasteiger partial charge in [-0.1, -0.05) is 13.8 Å². The molecule has 1 heterocycles. The molecule has 0 saturated carbocycles. The van der Waals surface area contributed by atoms with Crippen LogP contribution in [0.1, 0.15) is 26.7 Å². The van der Waals surface area contributed by atoms with Crippen molar-refractivity contribution in [3.05, 3.63) is 11.8 Å². The maximum Gasteiger partial charge on any atom is 0.202 e. The van der Waals surface area contributed by atoms with Crippen molar-refractivity contribution in [1.29, 1.82) is 0 Å². The van der Waals surface area contributed by atoms with E-state index in [-0.39, 0.29) is 11.9 Å². The van der Waals surface area contributed by atoms with E-state index in [2.05, 4.69) is 0 Å². The SMILES string of the molecule is CCC1=COC(CC)C1=O. The molecule has 0 aromatic heterocycles. The second-order valence-electron chi connectivity index (χ2n) is 2.39. The van der Waals surface area contributed by atoms with Crippen LogP contribution in [0.4, 0.5) is 0 Å². The van der Waals surface area contributed by atoms with Gasteiger partial charge in [0.1, 0.15) is 0 Å². The molecule has 1 aliphatic heterocycles. The summed E-state index contributed by atoms with van der Waals surface area (Å²) in [5.41, 5.74) is 0.826. The van der Waals surface area contributed by atoms with Gasteiger partial charge in [0.05, 0.1) is 6.26 Å². The highest BCUT2D eigenvalue weighted by Gasteiger charge is 2.25. The summed E-state index contributed by atoms with van der Waals surface area (Å²) in [7, 11) is 0. The molecule has 0 aromatic carbocycles. The fourth-order valence-corrected chi connectivity index (χ4v) is 1.03. The zero-order valence-corrected chi connectivity index (χ0v) is 6.39. The Hall–Kier alpha value is -0.790. The zero-order valence-electron chi connectivity index (χ0n) is 6.39. The third kappa shape index (κ3) is 1.06. The fraction of sp³-hybridized carbons (Fsp3) is 0.625. The van der Waals surface area contributed by atoms with Crippen LogP contribution in [0.2, 0.25) is 0 Å². The van der Waals surface area contributed by atoms with Gasteiger partial charge >= 0.3 is 0 Å². The first-order valence-electron chi connectivity index (χ1n) is 3.68. The Morgan fingerprint density at radius 1 is 1.60 bits per heavy atom. The average molecular weight is 140 g/mol. The molecule has 0 N–H and O–H groups in total. The van der Waals surface area contributed by atoms with Crippen molar-refractivity contribution >= 4 is 5.78 Å². The summed E-state index contributed by atoms with van der Waals surface area (Å²) in [5.74, 6) is 0.171. The predicted octanol–water partition coefficient (Wildman–Crippen LogP) is 1.66. The number of ether oxygens (including phenoxy) is 1. The highest BCUT2D eigenvalue weighted by molar-refractivity contribution is 6.00. The van der Waals surface area contributed by atoms with Crippen LogP contribution in [0.15, 0.2) is 11.8 Å². The van der Waals surface area contributed by atoms with E-state index in [1.807, 2.05) is 13.8 Å². The van der Waals surface area contributed by atoms with E-state index >= 15 is 0 Å². The maximum absolute atomic E-state index is 11.2. The smallest absolute Gasteiger partial charge is 0.202 e. The Bertz CT molecular complexity index is 170. The number of carbonyl (C=O) groups excluding carboxylic acids is 1. The molecule has 1 aliphatic rings. The minimum absolute atomic E-state index is 0.171. The quantitative estimate of drug-likeness (QED) is 0.583. The van der Waals surface area contributed by atoms with Crippen LogP contribution < -0.4 is 0 Å². The third-order valence-electron chi connectivity index (χ3n) is 1.74. The van der Waals surface area contributed by atoms with E-state index in [0.29, 0.717) is 0 Å². The summed E-state index contributed by atoms with van der Waals surface area (Å²) in [4.78, 5) is 11.2. The highest BCUT2D eigenvalue weighted by Crippen LogP contribution is 2.18. The van der Waals surface area contributed by atoms with Gasteiger partial charge in [0, 0.05) is 5.57 Å². The van der Waals surface area contributed by atoms with Crippen molar-refractivity contribution < 1.29 is 9.53 Å². The molecule has 0 radical (unpaired) electrons. The van der Waals surface area contributed by atoms with E-state index in [1.165, 1.54) is 0 Å². The molecule has 2 nitrogen and oxygen atoms in total.